The number of hydrogen-bond acceptors (Lipinski definition) is 1. The minimum atomic E-state index is 0.292. The van der Waals surface area contributed by atoms with Crippen LogP contribution in [-0.2, 0) is 6.54 Å². The molecular formula is C7H9BFN. The van der Waals surface area contributed by atoms with E-state index in [4.69, 9.17) is 0 Å². The van der Waals surface area contributed by atoms with Crippen molar-refractivity contribution in [1.29, 1.82) is 0 Å². The zero-order valence-electron chi connectivity index (χ0n) is 5.89. The van der Waals surface area contributed by atoms with Gasteiger partial charge in [-0.2, -0.15) is 5.54 Å². The molecule has 0 amide bonds. The molecule has 0 aliphatic heterocycles. The molecule has 0 spiro atoms. The summed E-state index contributed by atoms with van der Waals surface area (Å²) in [5.41, 5.74) is 3.77. The molecule has 0 aromatic heterocycles. The van der Waals surface area contributed by atoms with Crippen LogP contribution in [0.25, 0.3) is 0 Å². The van der Waals surface area contributed by atoms with Crippen LogP contribution in [0.15, 0.2) is 24.3 Å². The summed E-state index contributed by atoms with van der Waals surface area (Å²) in [6.07, 6.45) is 0. The highest BCUT2D eigenvalue weighted by molar-refractivity contribution is 6.32. The topological polar surface area (TPSA) is 12.0 Å². The Hall–Kier alpha value is -0.825. The quantitative estimate of drug-likeness (QED) is 0.444. The van der Waals surface area contributed by atoms with E-state index < -0.39 is 0 Å². The molecule has 1 aromatic carbocycles. The largest absolute Gasteiger partial charge is 0.155 e. The highest BCUT2D eigenvalue weighted by Crippen LogP contribution is 1.94. The summed E-state index contributed by atoms with van der Waals surface area (Å²) in [7, 11) is 2.01. The van der Waals surface area contributed by atoms with E-state index in [0.717, 1.165) is 5.56 Å². The molecule has 0 saturated carbocycles. The van der Waals surface area contributed by atoms with E-state index in [2.05, 4.69) is 0 Å². The lowest BCUT2D eigenvalue weighted by Crippen LogP contribution is -2.04. The molecule has 1 rings (SSSR count). The van der Waals surface area contributed by atoms with Crippen molar-refractivity contribution in [2.45, 2.75) is 6.54 Å². The zero-order chi connectivity index (χ0) is 7.40. The molecule has 1 N–H and O–H groups in total. The first kappa shape index (κ1) is 7.28. The van der Waals surface area contributed by atoms with Crippen molar-refractivity contribution in [3.8, 4) is 0 Å². The fourth-order valence-corrected chi connectivity index (χ4v) is 0.783. The van der Waals surface area contributed by atoms with E-state index in [0.29, 0.717) is 6.54 Å². The van der Waals surface area contributed by atoms with Crippen molar-refractivity contribution in [3.05, 3.63) is 29.8 Å². The van der Waals surface area contributed by atoms with Crippen LogP contribution in [-0.4, -0.2) is 7.85 Å². The van der Waals surface area contributed by atoms with Gasteiger partial charge in [0.05, 0.1) is 6.54 Å². The molecule has 0 bridgehead atoms. The average Bonchev–Trinajstić information content (AvgIpc) is 1.95. The Balaban J connectivity index is 2.69. The van der Waals surface area contributed by atoms with Crippen molar-refractivity contribution in [1.82, 2.24) is 5.54 Å². The lowest BCUT2D eigenvalue weighted by Gasteiger charge is -1.96. The first-order valence-electron chi connectivity index (χ1n) is 3.22. The molecule has 0 heterocycles. The molecule has 3 heteroatoms. The predicted molar refractivity (Wildman–Crippen MR) is 42.6 cm³/mol. The summed E-state index contributed by atoms with van der Waals surface area (Å²) in [5.74, 6) is 0. The Labute approximate surface area is 60.6 Å². The second-order valence-electron chi connectivity index (χ2n) is 2.30. The van der Waals surface area contributed by atoms with Crippen molar-refractivity contribution >= 4 is 13.3 Å². The first-order valence-corrected chi connectivity index (χ1v) is 3.22. The maximum atomic E-state index is 11.5. The van der Waals surface area contributed by atoms with Crippen LogP contribution in [0, 0.1) is 0 Å². The Kier molecular flexibility index (Phi) is 2.45. The van der Waals surface area contributed by atoms with Crippen LogP contribution in [0.4, 0.5) is 4.48 Å². The van der Waals surface area contributed by atoms with E-state index in [1.165, 1.54) is 5.46 Å². The van der Waals surface area contributed by atoms with E-state index in [1.54, 1.807) is 5.54 Å². The number of benzene rings is 1. The van der Waals surface area contributed by atoms with Crippen molar-refractivity contribution in [3.63, 3.8) is 0 Å². The van der Waals surface area contributed by atoms with Gasteiger partial charge in [0.1, 0.15) is 7.85 Å². The van der Waals surface area contributed by atoms with Crippen LogP contribution >= 0.6 is 0 Å². The van der Waals surface area contributed by atoms with Gasteiger partial charge in [-0.15, -0.1) is 4.48 Å². The van der Waals surface area contributed by atoms with Gasteiger partial charge in [-0.25, -0.2) is 0 Å². The summed E-state index contributed by atoms with van der Waals surface area (Å²) in [4.78, 5) is 0. The van der Waals surface area contributed by atoms with Crippen LogP contribution in [0.5, 0.6) is 0 Å². The van der Waals surface area contributed by atoms with Gasteiger partial charge in [-0.05, 0) is 5.56 Å². The number of halogens is 1. The Morgan fingerprint density at radius 1 is 1.30 bits per heavy atom. The summed E-state index contributed by atoms with van der Waals surface area (Å²) >= 11 is 0. The number of nitrogens with one attached hydrogen (secondary N) is 1. The molecule has 1 aromatic rings. The van der Waals surface area contributed by atoms with Crippen LogP contribution in [0.3, 0.4) is 0 Å². The Morgan fingerprint density at radius 2 is 1.90 bits per heavy atom. The molecule has 0 fully saturated rings. The minimum absolute atomic E-state index is 0.292. The van der Waals surface area contributed by atoms with E-state index in [9.17, 15) is 4.48 Å². The third kappa shape index (κ3) is 1.85. The second-order valence-corrected chi connectivity index (χ2v) is 2.30. The maximum Gasteiger partial charge on any atom is 0.139 e. The average molecular weight is 137 g/mol. The monoisotopic (exact) mass is 137 g/mol. The van der Waals surface area contributed by atoms with Crippen molar-refractivity contribution in [2.75, 3.05) is 0 Å². The molecule has 0 unspecified atom stereocenters. The van der Waals surface area contributed by atoms with Crippen LogP contribution < -0.4 is 11.0 Å². The van der Waals surface area contributed by atoms with Gasteiger partial charge in [0.25, 0.3) is 0 Å². The number of hydrogen-bond donors (Lipinski definition) is 1. The molecule has 52 valence electrons. The van der Waals surface area contributed by atoms with Gasteiger partial charge in [0, 0.05) is 0 Å². The van der Waals surface area contributed by atoms with E-state index in [-0.39, 0.29) is 0 Å². The minimum Gasteiger partial charge on any atom is -0.155 e. The Bertz CT molecular complexity index is 197. The zero-order valence-corrected chi connectivity index (χ0v) is 5.89. The van der Waals surface area contributed by atoms with Gasteiger partial charge >= 0.3 is 0 Å². The summed E-state index contributed by atoms with van der Waals surface area (Å²) < 4.78 is 11.5. The maximum absolute atomic E-state index is 11.5. The summed E-state index contributed by atoms with van der Waals surface area (Å²) in [6.45, 7) is 0.292. The number of rotatable bonds is 2. The lowest BCUT2D eigenvalue weighted by atomic mass is 9.95. The smallest absolute Gasteiger partial charge is 0.139 e. The van der Waals surface area contributed by atoms with Crippen LogP contribution in [0.1, 0.15) is 5.56 Å². The normalized spacial score (nSPS) is 9.70. The fourth-order valence-electron chi connectivity index (χ4n) is 0.783. The molecule has 0 aliphatic rings. The Morgan fingerprint density at radius 3 is 2.40 bits per heavy atom. The highest BCUT2D eigenvalue weighted by Gasteiger charge is 1.88. The third-order valence-corrected chi connectivity index (χ3v) is 1.39. The predicted octanol–water partition coefficient (Wildman–Crippen LogP) is -0.0809. The summed E-state index contributed by atoms with van der Waals surface area (Å²) in [6, 6.07) is 7.74. The molecule has 0 atom stereocenters. The standard InChI is InChI=1S/C7H9BFN/c8-7-3-1-6(2-4-7)5-10-9/h1-4,10H,5,8H2. The molecular weight excluding hydrogens is 128 g/mol. The van der Waals surface area contributed by atoms with Gasteiger partial charge in [0.2, 0.25) is 0 Å². The van der Waals surface area contributed by atoms with Gasteiger partial charge in [-0.3, -0.25) is 0 Å². The van der Waals surface area contributed by atoms with Crippen LogP contribution in [0.2, 0.25) is 0 Å². The molecule has 0 radical (unpaired) electrons. The van der Waals surface area contributed by atoms with Gasteiger partial charge in [0.15, 0.2) is 0 Å². The molecule has 1 nitrogen and oxygen atoms in total. The van der Waals surface area contributed by atoms with Crippen molar-refractivity contribution in [2.24, 2.45) is 0 Å². The van der Waals surface area contributed by atoms with Gasteiger partial charge < -0.3 is 0 Å². The molecule has 0 saturated heterocycles. The third-order valence-electron chi connectivity index (χ3n) is 1.39. The second kappa shape index (κ2) is 3.37. The first-order chi connectivity index (χ1) is 4.83. The lowest BCUT2D eigenvalue weighted by molar-refractivity contribution is 0.330. The molecule has 0 aliphatic carbocycles. The van der Waals surface area contributed by atoms with Gasteiger partial charge in [-0.1, -0.05) is 29.7 Å². The fraction of sp³-hybridized carbons (Fsp3) is 0.143. The van der Waals surface area contributed by atoms with E-state index >= 15 is 0 Å². The van der Waals surface area contributed by atoms with E-state index in [1.807, 2.05) is 32.1 Å². The summed E-state index contributed by atoms with van der Waals surface area (Å²) in [5, 5.41) is 0. The molecule has 10 heavy (non-hydrogen) atoms. The van der Waals surface area contributed by atoms with Crippen molar-refractivity contribution < 1.29 is 4.48 Å². The SMILES string of the molecule is Bc1ccc(CNF)cc1. The highest BCUT2D eigenvalue weighted by atomic mass is 19.2.